The third-order valence-corrected chi connectivity index (χ3v) is 2.49. The first kappa shape index (κ1) is 15.0. The van der Waals surface area contributed by atoms with Crippen LogP contribution >= 0.6 is 0 Å². The lowest BCUT2D eigenvalue weighted by molar-refractivity contribution is 0.244. The number of aromatic nitrogens is 3. The number of benzene rings is 1. The molecule has 6 heteroatoms. The predicted octanol–water partition coefficient (Wildman–Crippen LogP) is 3.22. The highest BCUT2D eigenvalue weighted by Gasteiger charge is 2.07. The second-order valence-corrected chi connectivity index (χ2v) is 5.25. The van der Waals surface area contributed by atoms with Gasteiger partial charge in [0.25, 0.3) is 0 Å². The smallest absolute Gasteiger partial charge is 0.244 e. The second-order valence-electron chi connectivity index (χ2n) is 5.25. The maximum Gasteiger partial charge on any atom is 0.244 e. The van der Waals surface area contributed by atoms with Crippen LogP contribution in [0.15, 0.2) is 30.5 Å². The molecule has 0 saturated heterocycles. The van der Waals surface area contributed by atoms with Gasteiger partial charge in [-0.15, -0.1) is 5.10 Å². The zero-order valence-electron chi connectivity index (χ0n) is 12.8. The summed E-state index contributed by atoms with van der Waals surface area (Å²) in [6.45, 7) is 8.03. The van der Waals surface area contributed by atoms with E-state index in [0.717, 1.165) is 11.4 Å². The fraction of sp³-hybridized carbons (Fsp3) is 0.400. The van der Waals surface area contributed by atoms with E-state index in [1.165, 1.54) is 0 Å². The Balaban J connectivity index is 2.18. The zero-order chi connectivity index (χ0) is 15.2. The van der Waals surface area contributed by atoms with Crippen molar-refractivity contribution in [3.8, 4) is 5.75 Å². The Morgan fingerprint density at radius 3 is 2.57 bits per heavy atom. The fourth-order valence-corrected chi connectivity index (χ4v) is 1.75. The molecule has 0 aliphatic heterocycles. The van der Waals surface area contributed by atoms with Crippen molar-refractivity contribution in [1.29, 1.82) is 0 Å². The number of hydrogen-bond acceptors (Lipinski definition) is 6. The third kappa shape index (κ3) is 4.59. The first-order valence-electron chi connectivity index (χ1n) is 7.03. The van der Waals surface area contributed by atoms with Gasteiger partial charge in [0.05, 0.1) is 18.0 Å². The molecular formula is C15H21N5O. The van der Waals surface area contributed by atoms with Crippen LogP contribution < -0.4 is 15.4 Å². The van der Waals surface area contributed by atoms with Gasteiger partial charge in [-0.3, -0.25) is 0 Å². The maximum absolute atomic E-state index is 5.77. The van der Waals surface area contributed by atoms with Crippen molar-refractivity contribution in [3.05, 3.63) is 30.5 Å². The van der Waals surface area contributed by atoms with E-state index in [-0.39, 0.29) is 12.1 Å². The van der Waals surface area contributed by atoms with Crippen molar-refractivity contribution < 1.29 is 4.74 Å². The Hall–Kier alpha value is -2.37. The van der Waals surface area contributed by atoms with E-state index in [4.69, 9.17) is 4.74 Å². The minimum atomic E-state index is 0.106. The molecule has 0 fully saturated rings. The number of anilines is 3. The summed E-state index contributed by atoms with van der Waals surface area (Å²) in [6.07, 6.45) is 1.69. The van der Waals surface area contributed by atoms with Crippen LogP contribution in [0.4, 0.5) is 17.5 Å². The highest BCUT2D eigenvalue weighted by atomic mass is 16.5. The zero-order valence-corrected chi connectivity index (χ0v) is 12.8. The van der Waals surface area contributed by atoms with Crippen molar-refractivity contribution >= 4 is 17.5 Å². The van der Waals surface area contributed by atoms with Crippen LogP contribution in [0.5, 0.6) is 5.75 Å². The minimum absolute atomic E-state index is 0.106. The van der Waals surface area contributed by atoms with Crippen LogP contribution in [0.3, 0.4) is 0 Å². The number of hydrogen-bond donors (Lipinski definition) is 2. The second kappa shape index (κ2) is 6.88. The van der Waals surface area contributed by atoms with Gasteiger partial charge in [0.15, 0.2) is 5.82 Å². The maximum atomic E-state index is 5.77. The quantitative estimate of drug-likeness (QED) is 0.850. The minimum Gasteiger partial charge on any atom is -0.489 e. The van der Waals surface area contributed by atoms with Crippen LogP contribution in [0.25, 0.3) is 0 Å². The molecule has 2 aromatic rings. The van der Waals surface area contributed by atoms with Crippen molar-refractivity contribution in [2.75, 3.05) is 10.6 Å². The van der Waals surface area contributed by atoms with Gasteiger partial charge in [-0.2, -0.15) is 10.1 Å². The molecule has 1 heterocycles. The largest absolute Gasteiger partial charge is 0.489 e. The Labute approximate surface area is 125 Å². The summed E-state index contributed by atoms with van der Waals surface area (Å²) in [5.41, 5.74) is 0.849. The Morgan fingerprint density at radius 2 is 1.86 bits per heavy atom. The highest BCUT2D eigenvalue weighted by Crippen LogP contribution is 2.27. The molecule has 6 nitrogen and oxygen atoms in total. The van der Waals surface area contributed by atoms with E-state index in [1.807, 2.05) is 52.0 Å². The third-order valence-electron chi connectivity index (χ3n) is 2.49. The lowest BCUT2D eigenvalue weighted by Crippen LogP contribution is -2.13. The average Bonchev–Trinajstić information content (AvgIpc) is 2.40. The molecule has 2 rings (SSSR count). The van der Waals surface area contributed by atoms with Gasteiger partial charge in [-0.05, 0) is 39.8 Å². The highest BCUT2D eigenvalue weighted by molar-refractivity contribution is 5.64. The summed E-state index contributed by atoms with van der Waals surface area (Å²) in [7, 11) is 0. The summed E-state index contributed by atoms with van der Waals surface area (Å²) in [5.74, 6) is 1.90. The van der Waals surface area contributed by atoms with E-state index < -0.39 is 0 Å². The molecule has 112 valence electrons. The number of para-hydroxylation sites is 2. The summed E-state index contributed by atoms with van der Waals surface area (Å²) in [4.78, 5) is 4.38. The molecule has 1 aromatic carbocycles. The standard InChI is InChI=1S/C15H21N5O/c1-10(2)17-15-19-14(9-16-20-15)18-12-7-5-6-8-13(12)21-11(3)4/h5-11H,1-4H3,(H2,17,18,19,20). The van der Waals surface area contributed by atoms with Crippen LogP contribution in [0.1, 0.15) is 27.7 Å². The van der Waals surface area contributed by atoms with Crippen LogP contribution in [0, 0.1) is 0 Å². The van der Waals surface area contributed by atoms with E-state index in [2.05, 4.69) is 25.8 Å². The van der Waals surface area contributed by atoms with E-state index >= 15 is 0 Å². The number of nitrogens with zero attached hydrogens (tertiary/aromatic N) is 3. The van der Waals surface area contributed by atoms with Crippen molar-refractivity contribution in [2.45, 2.75) is 39.8 Å². The van der Waals surface area contributed by atoms with Gasteiger partial charge in [0.1, 0.15) is 5.75 Å². The predicted molar refractivity (Wildman–Crippen MR) is 84.1 cm³/mol. The molecule has 0 bridgehead atoms. The number of rotatable bonds is 6. The average molecular weight is 287 g/mol. The Morgan fingerprint density at radius 1 is 1.10 bits per heavy atom. The summed E-state index contributed by atoms with van der Waals surface area (Å²) >= 11 is 0. The van der Waals surface area contributed by atoms with E-state index in [0.29, 0.717) is 11.8 Å². The molecule has 0 radical (unpaired) electrons. The molecule has 0 unspecified atom stereocenters. The van der Waals surface area contributed by atoms with Gasteiger partial charge < -0.3 is 15.4 Å². The molecular weight excluding hydrogens is 266 g/mol. The van der Waals surface area contributed by atoms with Gasteiger partial charge in [0, 0.05) is 6.04 Å². The van der Waals surface area contributed by atoms with Crippen molar-refractivity contribution in [1.82, 2.24) is 15.2 Å². The molecule has 0 spiro atoms. The monoisotopic (exact) mass is 287 g/mol. The molecule has 0 atom stereocenters. The lowest BCUT2D eigenvalue weighted by Gasteiger charge is -2.15. The molecule has 0 saturated carbocycles. The Kier molecular flexibility index (Phi) is 4.92. The van der Waals surface area contributed by atoms with Crippen LogP contribution in [0.2, 0.25) is 0 Å². The molecule has 21 heavy (non-hydrogen) atoms. The van der Waals surface area contributed by atoms with Crippen molar-refractivity contribution in [3.63, 3.8) is 0 Å². The first-order valence-corrected chi connectivity index (χ1v) is 7.03. The number of ether oxygens (including phenoxy) is 1. The topological polar surface area (TPSA) is 72.0 Å². The van der Waals surface area contributed by atoms with E-state index in [9.17, 15) is 0 Å². The van der Waals surface area contributed by atoms with E-state index in [1.54, 1.807) is 6.20 Å². The molecule has 0 amide bonds. The molecule has 1 aromatic heterocycles. The normalized spacial score (nSPS) is 10.8. The fourth-order valence-electron chi connectivity index (χ4n) is 1.75. The van der Waals surface area contributed by atoms with Crippen molar-refractivity contribution in [2.24, 2.45) is 0 Å². The molecule has 0 aliphatic rings. The van der Waals surface area contributed by atoms with Gasteiger partial charge in [0.2, 0.25) is 5.95 Å². The molecule has 2 N–H and O–H groups in total. The SMILES string of the molecule is CC(C)Nc1nncc(Nc2ccccc2OC(C)C)n1. The van der Waals surface area contributed by atoms with Crippen LogP contribution in [-0.2, 0) is 0 Å². The van der Waals surface area contributed by atoms with Gasteiger partial charge in [-0.1, -0.05) is 12.1 Å². The number of nitrogens with one attached hydrogen (secondary N) is 2. The Bertz CT molecular complexity index is 586. The van der Waals surface area contributed by atoms with Crippen LogP contribution in [-0.4, -0.2) is 27.3 Å². The van der Waals surface area contributed by atoms with Gasteiger partial charge in [-0.25, -0.2) is 0 Å². The summed E-state index contributed by atoms with van der Waals surface area (Å²) < 4.78 is 5.77. The summed E-state index contributed by atoms with van der Waals surface area (Å²) in [5, 5.41) is 14.2. The molecule has 0 aliphatic carbocycles. The lowest BCUT2D eigenvalue weighted by atomic mass is 10.3. The first-order chi connectivity index (χ1) is 10.0. The van der Waals surface area contributed by atoms with Gasteiger partial charge >= 0.3 is 0 Å². The summed E-state index contributed by atoms with van der Waals surface area (Å²) in [6, 6.07) is 7.99.